The van der Waals surface area contributed by atoms with Crippen molar-refractivity contribution in [3.05, 3.63) is 71.8 Å². The number of carbonyl (C=O) groups is 3. The highest BCUT2D eigenvalue weighted by Gasteiger charge is 2.67. The van der Waals surface area contributed by atoms with E-state index in [1.165, 1.54) is 4.90 Å². The zero-order valence-corrected chi connectivity index (χ0v) is 17.2. The van der Waals surface area contributed by atoms with E-state index >= 15 is 0 Å². The molecule has 2 saturated heterocycles. The fourth-order valence-corrected chi connectivity index (χ4v) is 4.82. The van der Waals surface area contributed by atoms with E-state index in [1.54, 1.807) is 37.4 Å². The van der Waals surface area contributed by atoms with E-state index in [2.05, 4.69) is 5.32 Å². The molecule has 0 radical (unpaired) electrons. The molecule has 0 saturated carbocycles. The van der Waals surface area contributed by atoms with Crippen LogP contribution in [0.5, 0.6) is 5.75 Å². The molecule has 2 fully saturated rings. The minimum absolute atomic E-state index is 0.104. The second-order valence-corrected chi connectivity index (χ2v) is 8.11. The molecule has 7 heteroatoms. The van der Waals surface area contributed by atoms with Crippen LogP contribution in [0.15, 0.2) is 60.7 Å². The first-order valence-electron chi connectivity index (χ1n) is 10.2. The summed E-state index contributed by atoms with van der Waals surface area (Å²) in [6.45, 7) is 1.98. The zero-order chi connectivity index (χ0) is 21.8. The Bertz CT molecular complexity index is 1110. The molecule has 0 aromatic heterocycles. The summed E-state index contributed by atoms with van der Waals surface area (Å²) in [6.07, 6.45) is 3.18. The lowest BCUT2D eigenvalue weighted by Crippen LogP contribution is -2.48. The highest BCUT2D eigenvalue weighted by molar-refractivity contribution is 6.23. The van der Waals surface area contributed by atoms with Crippen LogP contribution >= 0.6 is 0 Å². The lowest BCUT2D eigenvalue weighted by molar-refractivity contribution is -0.126. The molecule has 0 spiro atoms. The van der Waals surface area contributed by atoms with Crippen molar-refractivity contribution < 1.29 is 23.9 Å². The smallest absolute Gasteiger partial charge is 0.251 e. The average molecular weight is 418 g/mol. The number of nitrogens with zero attached hydrogens (tertiary/aromatic N) is 1. The summed E-state index contributed by atoms with van der Waals surface area (Å²) in [6, 6.07) is 14.1. The van der Waals surface area contributed by atoms with Crippen LogP contribution in [0.3, 0.4) is 0 Å². The molecule has 158 valence electrons. The molecule has 3 aliphatic rings. The highest BCUT2D eigenvalue weighted by Crippen LogP contribution is 2.52. The minimum Gasteiger partial charge on any atom is -0.497 e. The van der Waals surface area contributed by atoms with Gasteiger partial charge in [-0.25, -0.2) is 4.90 Å². The number of para-hydroxylation sites is 1. The summed E-state index contributed by atoms with van der Waals surface area (Å²) in [5.74, 6) is -1.39. The molecule has 2 aromatic rings. The molecule has 7 nitrogen and oxygen atoms in total. The third-order valence-corrected chi connectivity index (χ3v) is 6.39. The lowest BCUT2D eigenvalue weighted by Gasteiger charge is -2.29. The lowest BCUT2D eigenvalue weighted by atomic mass is 9.77. The van der Waals surface area contributed by atoms with Crippen molar-refractivity contribution in [2.45, 2.75) is 18.6 Å². The van der Waals surface area contributed by atoms with Crippen molar-refractivity contribution in [2.75, 3.05) is 18.6 Å². The second-order valence-electron chi connectivity index (χ2n) is 8.11. The first kappa shape index (κ1) is 19.5. The number of amides is 3. The summed E-state index contributed by atoms with van der Waals surface area (Å²) in [4.78, 5) is 40.5. The van der Waals surface area contributed by atoms with Crippen LogP contribution in [-0.4, -0.2) is 43.1 Å². The molecule has 2 aromatic carbocycles. The quantitative estimate of drug-likeness (QED) is 0.595. The molecule has 1 N–H and O–H groups in total. The van der Waals surface area contributed by atoms with E-state index in [1.807, 2.05) is 37.3 Å². The number of aryl methyl sites for hydroxylation is 1. The third kappa shape index (κ3) is 2.88. The van der Waals surface area contributed by atoms with Gasteiger partial charge in [0.15, 0.2) is 0 Å². The number of methoxy groups -OCH3 is 1. The number of nitrogens with one attached hydrogen (secondary N) is 1. The topological polar surface area (TPSA) is 84.9 Å². The van der Waals surface area contributed by atoms with Gasteiger partial charge in [-0.1, -0.05) is 30.4 Å². The fraction of sp³-hybridized carbons (Fsp3) is 0.292. The van der Waals surface area contributed by atoms with Gasteiger partial charge in [-0.05, 0) is 42.8 Å². The SMILES string of the molecule is COc1ccc(C(=O)NC[C@@]23C=C[C@@H](O2)[C@@H]2C(=O)N(c4ccccc4C)C(=O)[C@H]23)cc1. The summed E-state index contributed by atoms with van der Waals surface area (Å²) in [7, 11) is 1.56. The van der Waals surface area contributed by atoms with Crippen LogP contribution in [0.1, 0.15) is 15.9 Å². The van der Waals surface area contributed by atoms with E-state index in [0.717, 1.165) is 5.56 Å². The predicted octanol–water partition coefficient (Wildman–Crippen LogP) is 2.25. The van der Waals surface area contributed by atoms with Crippen LogP contribution < -0.4 is 15.0 Å². The maximum Gasteiger partial charge on any atom is 0.251 e. The Balaban J connectivity index is 1.38. The summed E-state index contributed by atoms with van der Waals surface area (Å²) in [5, 5.41) is 2.87. The molecule has 3 aliphatic heterocycles. The van der Waals surface area contributed by atoms with Crippen molar-refractivity contribution >= 4 is 23.4 Å². The zero-order valence-electron chi connectivity index (χ0n) is 17.2. The van der Waals surface area contributed by atoms with Gasteiger partial charge in [0, 0.05) is 5.56 Å². The van der Waals surface area contributed by atoms with E-state index in [9.17, 15) is 14.4 Å². The van der Waals surface area contributed by atoms with Crippen molar-refractivity contribution in [1.29, 1.82) is 0 Å². The van der Waals surface area contributed by atoms with Gasteiger partial charge in [-0.15, -0.1) is 0 Å². The molecule has 3 heterocycles. The molecule has 0 aliphatic carbocycles. The molecule has 2 bridgehead atoms. The van der Waals surface area contributed by atoms with E-state index < -0.39 is 23.5 Å². The van der Waals surface area contributed by atoms with Crippen LogP contribution in [0.2, 0.25) is 0 Å². The third-order valence-electron chi connectivity index (χ3n) is 6.39. The standard InChI is InChI=1S/C24H22N2O5/c1-14-5-3-4-6-17(14)26-22(28)19-18-11-12-24(31-18,20(19)23(26)29)13-25-21(27)15-7-9-16(30-2)10-8-15/h3-12,18-20H,13H2,1-2H3,(H,25,27)/t18-,19+,20+,24-/m1/s1. The van der Waals surface area contributed by atoms with E-state index in [-0.39, 0.29) is 24.3 Å². The summed E-state index contributed by atoms with van der Waals surface area (Å²) in [5.41, 5.74) is 0.901. The predicted molar refractivity (Wildman–Crippen MR) is 113 cm³/mol. The molecule has 4 atom stereocenters. The van der Waals surface area contributed by atoms with Gasteiger partial charge in [0.25, 0.3) is 5.91 Å². The van der Waals surface area contributed by atoms with Gasteiger partial charge >= 0.3 is 0 Å². The Morgan fingerprint density at radius 2 is 1.87 bits per heavy atom. The Labute approximate surface area is 179 Å². The van der Waals surface area contributed by atoms with Gasteiger partial charge in [0.2, 0.25) is 11.8 Å². The second kappa shape index (κ2) is 7.06. The van der Waals surface area contributed by atoms with Crippen LogP contribution in [0, 0.1) is 18.8 Å². The number of fused-ring (bicyclic) bond motifs is 5. The first-order valence-corrected chi connectivity index (χ1v) is 10.2. The number of rotatable bonds is 5. The molecule has 31 heavy (non-hydrogen) atoms. The highest BCUT2D eigenvalue weighted by atomic mass is 16.5. The van der Waals surface area contributed by atoms with E-state index in [0.29, 0.717) is 17.0 Å². The van der Waals surface area contributed by atoms with Crippen LogP contribution in [0.4, 0.5) is 5.69 Å². The van der Waals surface area contributed by atoms with Crippen molar-refractivity contribution in [3.63, 3.8) is 0 Å². The van der Waals surface area contributed by atoms with Gasteiger partial charge in [-0.3, -0.25) is 14.4 Å². The molecule has 5 rings (SSSR count). The Kier molecular flexibility index (Phi) is 4.44. The van der Waals surface area contributed by atoms with E-state index in [4.69, 9.17) is 9.47 Å². The monoisotopic (exact) mass is 418 g/mol. The Morgan fingerprint density at radius 1 is 1.13 bits per heavy atom. The minimum atomic E-state index is -1.03. The van der Waals surface area contributed by atoms with Gasteiger partial charge in [0.05, 0.1) is 37.3 Å². The average Bonchev–Trinajstić information content (AvgIpc) is 3.43. The van der Waals surface area contributed by atoms with Crippen molar-refractivity contribution in [1.82, 2.24) is 5.32 Å². The number of ether oxygens (including phenoxy) is 2. The molecular weight excluding hydrogens is 396 g/mol. The largest absolute Gasteiger partial charge is 0.497 e. The van der Waals surface area contributed by atoms with Gasteiger partial charge < -0.3 is 14.8 Å². The van der Waals surface area contributed by atoms with Crippen LogP contribution in [-0.2, 0) is 14.3 Å². The van der Waals surface area contributed by atoms with Crippen molar-refractivity contribution in [3.8, 4) is 5.75 Å². The van der Waals surface area contributed by atoms with Crippen LogP contribution in [0.25, 0.3) is 0 Å². The Morgan fingerprint density at radius 3 is 2.58 bits per heavy atom. The first-order chi connectivity index (χ1) is 14.9. The fourth-order valence-electron chi connectivity index (χ4n) is 4.82. The molecule has 0 unspecified atom stereocenters. The number of carbonyl (C=O) groups excluding carboxylic acids is 3. The molecular formula is C24H22N2O5. The number of hydrogen-bond donors (Lipinski definition) is 1. The normalized spacial score (nSPS) is 28.2. The number of hydrogen-bond acceptors (Lipinski definition) is 5. The Hall–Kier alpha value is -3.45. The number of benzene rings is 2. The maximum atomic E-state index is 13.4. The molecule has 3 amide bonds. The van der Waals surface area contributed by atoms with Gasteiger partial charge in [-0.2, -0.15) is 0 Å². The number of imide groups is 1. The maximum absolute atomic E-state index is 13.4. The number of anilines is 1. The van der Waals surface area contributed by atoms with Gasteiger partial charge in [0.1, 0.15) is 11.4 Å². The summed E-state index contributed by atoms with van der Waals surface area (Å²) < 4.78 is 11.2. The van der Waals surface area contributed by atoms with Crippen molar-refractivity contribution in [2.24, 2.45) is 11.8 Å². The summed E-state index contributed by atoms with van der Waals surface area (Å²) >= 11 is 0.